The van der Waals surface area contributed by atoms with Crippen LogP contribution in [0.25, 0.3) is 10.9 Å². The molecular weight excluding hydrogens is 300 g/mol. The molecular formula is C19H22N4O. The van der Waals surface area contributed by atoms with E-state index in [0.29, 0.717) is 0 Å². The number of carbonyl (C=O) groups excluding carboxylic acids is 1. The lowest BCUT2D eigenvalue weighted by Crippen LogP contribution is -2.35. The zero-order valence-corrected chi connectivity index (χ0v) is 13.9. The fraction of sp³-hybridized carbons (Fsp3) is 0.368. The maximum absolute atomic E-state index is 13.4. The summed E-state index contributed by atoms with van der Waals surface area (Å²) >= 11 is 0. The van der Waals surface area contributed by atoms with E-state index in [1.807, 2.05) is 18.2 Å². The first-order valence-electron chi connectivity index (χ1n) is 8.60. The first-order chi connectivity index (χ1) is 11.8. The summed E-state index contributed by atoms with van der Waals surface area (Å²) in [6, 6.07) is 10.1. The van der Waals surface area contributed by atoms with Crippen LogP contribution in [0.5, 0.6) is 0 Å². The number of amides is 1. The first-order valence-corrected chi connectivity index (χ1v) is 8.60. The van der Waals surface area contributed by atoms with Gasteiger partial charge >= 0.3 is 0 Å². The number of nitrogens with zero attached hydrogens (tertiary/aromatic N) is 3. The third-order valence-electron chi connectivity index (χ3n) is 5.05. The zero-order chi connectivity index (χ0) is 16.5. The Balaban J connectivity index is 1.75. The average Bonchev–Trinajstić information content (AvgIpc) is 3.17. The van der Waals surface area contributed by atoms with Gasteiger partial charge in [0.25, 0.3) is 5.91 Å². The van der Waals surface area contributed by atoms with E-state index in [-0.39, 0.29) is 11.9 Å². The molecule has 4 rings (SSSR count). The van der Waals surface area contributed by atoms with Crippen LogP contribution in [0.15, 0.2) is 42.7 Å². The van der Waals surface area contributed by atoms with Crippen molar-refractivity contribution in [2.45, 2.75) is 31.7 Å². The van der Waals surface area contributed by atoms with E-state index < -0.39 is 0 Å². The molecule has 1 saturated heterocycles. The number of fused-ring (bicyclic) bond motifs is 1. The highest BCUT2D eigenvalue weighted by molar-refractivity contribution is 6.06. The smallest absolute Gasteiger partial charge is 0.255 e. The van der Waals surface area contributed by atoms with Crippen molar-refractivity contribution in [2.75, 3.05) is 6.54 Å². The molecule has 1 aromatic carbocycles. The zero-order valence-electron chi connectivity index (χ0n) is 13.9. The van der Waals surface area contributed by atoms with E-state index in [4.69, 9.17) is 0 Å². The lowest BCUT2D eigenvalue weighted by Gasteiger charge is -2.31. The molecule has 1 aliphatic rings. The van der Waals surface area contributed by atoms with Gasteiger partial charge in [-0.2, -0.15) is 5.10 Å². The van der Waals surface area contributed by atoms with Crippen molar-refractivity contribution in [3.05, 3.63) is 54.0 Å². The minimum Gasteiger partial charge on any atom is -0.353 e. The van der Waals surface area contributed by atoms with Crippen LogP contribution in [0.1, 0.15) is 47.8 Å². The van der Waals surface area contributed by atoms with E-state index in [1.165, 1.54) is 12.1 Å². The second kappa shape index (κ2) is 6.15. The number of carbonyl (C=O) groups is 1. The van der Waals surface area contributed by atoms with Gasteiger partial charge in [0.05, 0.1) is 23.3 Å². The molecule has 0 spiro atoms. The molecule has 2 aromatic heterocycles. The summed E-state index contributed by atoms with van der Waals surface area (Å²) in [7, 11) is 2.06. The van der Waals surface area contributed by atoms with Gasteiger partial charge in [0, 0.05) is 30.9 Å². The highest BCUT2D eigenvalue weighted by Gasteiger charge is 2.29. The molecule has 24 heavy (non-hydrogen) atoms. The number of H-pyrrole nitrogens is 1. The Kier molecular flexibility index (Phi) is 3.84. The standard InChI is InChI=1S/C19H22N4O/c1-22-11-6-10-17(22)18-9-3-2-4-12-23(18)19(24)14-7-5-8-16-15(14)13-20-21-16/h5-8,10-11,13,18H,2-4,9,12H2,1H3,(H,20,21)/t18-/m1/s1. The molecule has 0 unspecified atom stereocenters. The van der Waals surface area contributed by atoms with Gasteiger partial charge in [0.2, 0.25) is 0 Å². The molecule has 1 amide bonds. The first kappa shape index (κ1) is 15.0. The lowest BCUT2D eigenvalue weighted by atomic mass is 10.0. The van der Waals surface area contributed by atoms with Gasteiger partial charge in [-0.1, -0.05) is 18.9 Å². The Morgan fingerprint density at radius 1 is 1.21 bits per heavy atom. The fourth-order valence-electron chi connectivity index (χ4n) is 3.79. The third kappa shape index (κ3) is 2.50. The number of nitrogens with one attached hydrogen (secondary N) is 1. The average molecular weight is 322 g/mol. The number of aromatic nitrogens is 3. The largest absolute Gasteiger partial charge is 0.353 e. The molecule has 0 bridgehead atoms. The molecule has 1 atom stereocenters. The predicted molar refractivity (Wildman–Crippen MR) is 93.8 cm³/mol. The van der Waals surface area contributed by atoms with Crippen LogP contribution in [0.2, 0.25) is 0 Å². The molecule has 1 fully saturated rings. The number of hydrogen-bond acceptors (Lipinski definition) is 2. The van der Waals surface area contributed by atoms with Gasteiger partial charge < -0.3 is 9.47 Å². The molecule has 3 aromatic rings. The Morgan fingerprint density at radius 2 is 2.12 bits per heavy atom. The summed E-state index contributed by atoms with van der Waals surface area (Å²) in [5, 5.41) is 7.94. The molecule has 3 heterocycles. The number of aromatic amines is 1. The maximum atomic E-state index is 13.4. The highest BCUT2D eigenvalue weighted by atomic mass is 16.2. The highest BCUT2D eigenvalue weighted by Crippen LogP contribution is 2.32. The number of likely N-dealkylation sites (tertiary alicyclic amines) is 1. The van der Waals surface area contributed by atoms with E-state index in [0.717, 1.165) is 42.3 Å². The number of aryl methyl sites for hydroxylation is 1. The van der Waals surface area contributed by atoms with Gasteiger partial charge in [0.15, 0.2) is 0 Å². The summed E-state index contributed by atoms with van der Waals surface area (Å²) < 4.78 is 2.13. The lowest BCUT2D eigenvalue weighted by molar-refractivity contribution is 0.0676. The van der Waals surface area contributed by atoms with Crippen molar-refractivity contribution in [3.8, 4) is 0 Å². The van der Waals surface area contributed by atoms with Gasteiger partial charge in [0.1, 0.15) is 0 Å². The topological polar surface area (TPSA) is 53.9 Å². The summed E-state index contributed by atoms with van der Waals surface area (Å²) in [5.41, 5.74) is 2.86. The summed E-state index contributed by atoms with van der Waals surface area (Å²) in [4.78, 5) is 15.4. The maximum Gasteiger partial charge on any atom is 0.255 e. The SMILES string of the molecule is Cn1cccc1[C@H]1CCCCCN1C(=O)c1cccc2[nH]ncc12. The Hall–Kier alpha value is -2.56. The second-order valence-corrected chi connectivity index (χ2v) is 6.54. The van der Waals surface area contributed by atoms with Crippen molar-refractivity contribution in [1.29, 1.82) is 0 Å². The van der Waals surface area contributed by atoms with Crippen LogP contribution in [-0.4, -0.2) is 32.1 Å². The van der Waals surface area contributed by atoms with Crippen molar-refractivity contribution in [3.63, 3.8) is 0 Å². The van der Waals surface area contributed by atoms with Gasteiger partial charge in [-0.3, -0.25) is 9.89 Å². The van der Waals surface area contributed by atoms with E-state index in [2.05, 4.69) is 45.0 Å². The van der Waals surface area contributed by atoms with Gasteiger partial charge in [-0.05, 0) is 37.1 Å². The van der Waals surface area contributed by atoms with Crippen molar-refractivity contribution in [2.24, 2.45) is 7.05 Å². The monoisotopic (exact) mass is 322 g/mol. The van der Waals surface area contributed by atoms with E-state index in [1.54, 1.807) is 6.20 Å². The fourth-order valence-corrected chi connectivity index (χ4v) is 3.79. The molecule has 124 valence electrons. The second-order valence-electron chi connectivity index (χ2n) is 6.54. The van der Waals surface area contributed by atoms with Crippen molar-refractivity contribution in [1.82, 2.24) is 19.7 Å². The normalized spacial score (nSPS) is 18.7. The Labute approximate surface area is 141 Å². The number of rotatable bonds is 2. The quantitative estimate of drug-likeness (QED) is 0.783. The van der Waals surface area contributed by atoms with E-state index in [9.17, 15) is 4.79 Å². The number of hydrogen-bond donors (Lipinski definition) is 1. The minimum absolute atomic E-state index is 0.107. The molecule has 1 N–H and O–H groups in total. The van der Waals surface area contributed by atoms with Gasteiger partial charge in [-0.15, -0.1) is 0 Å². The van der Waals surface area contributed by atoms with Crippen LogP contribution in [0.4, 0.5) is 0 Å². The van der Waals surface area contributed by atoms with E-state index >= 15 is 0 Å². The van der Waals surface area contributed by atoms with Crippen LogP contribution >= 0.6 is 0 Å². The summed E-state index contributed by atoms with van der Waals surface area (Å²) in [6.45, 7) is 0.808. The van der Waals surface area contributed by atoms with Gasteiger partial charge in [-0.25, -0.2) is 0 Å². The Morgan fingerprint density at radius 3 is 2.96 bits per heavy atom. The molecule has 0 saturated carbocycles. The van der Waals surface area contributed by atoms with Crippen LogP contribution < -0.4 is 0 Å². The number of benzene rings is 1. The van der Waals surface area contributed by atoms with Crippen molar-refractivity contribution >= 4 is 16.8 Å². The molecule has 1 aliphatic heterocycles. The molecule has 5 heteroatoms. The summed E-state index contributed by atoms with van der Waals surface area (Å²) in [5.74, 6) is 0.107. The summed E-state index contributed by atoms with van der Waals surface area (Å²) in [6.07, 6.45) is 8.23. The van der Waals surface area contributed by atoms with Crippen LogP contribution in [0.3, 0.4) is 0 Å². The minimum atomic E-state index is 0.107. The molecule has 0 radical (unpaired) electrons. The predicted octanol–water partition coefficient (Wildman–Crippen LogP) is 3.66. The molecule has 5 nitrogen and oxygen atoms in total. The molecule has 0 aliphatic carbocycles. The van der Waals surface area contributed by atoms with Crippen LogP contribution in [0, 0.1) is 0 Å². The van der Waals surface area contributed by atoms with Crippen molar-refractivity contribution < 1.29 is 4.79 Å². The van der Waals surface area contributed by atoms with Crippen LogP contribution in [-0.2, 0) is 7.05 Å². The Bertz CT molecular complexity index is 863. The third-order valence-corrected chi connectivity index (χ3v) is 5.05.